The van der Waals surface area contributed by atoms with Crippen molar-refractivity contribution >= 4 is 86.7 Å². The Labute approximate surface area is 432 Å². The molecule has 1 saturated heterocycles. The van der Waals surface area contributed by atoms with Crippen molar-refractivity contribution in [2.24, 2.45) is 50.5 Å². The van der Waals surface area contributed by atoms with E-state index in [1.54, 1.807) is 13.8 Å². The molecule has 0 saturated carbocycles. The molecule has 0 bridgehead atoms. The summed E-state index contributed by atoms with van der Waals surface area (Å²) in [7, 11) is 2.01. The number of amides is 9. The summed E-state index contributed by atoms with van der Waals surface area (Å²) in [6.45, 7) is 9.54. The molecule has 1 aliphatic heterocycles. The van der Waals surface area contributed by atoms with Crippen LogP contribution in [0.1, 0.15) is 85.6 Å². The molecule has 2 rings (SSSR count). The predicted molar refractivity (Wildman–Crippen MR) is 277 cm³/mol. The van der Waals surface area contributed by atoms with Crippen molar-refractivity contribution in [3.63, 3.8) is 0 Å². The summed E-state index contributed by atoms with van der Waals surface area (Å²) in [5.41, 5.74) is 28.2. The largest absolute Gasteiger partial charge is 0.508 e. The molecule has 0 aromatic heterocycles. The van der Waals surface area contributed by atoms with Crippen molar-refractivity contribution in [1.82, 2.24) is 42.5 Å². The van der Waals surface area contributed by atoms with Crippen molar-refractivity contribution in [3.05, 3.63) is 29.8 Å². The van der Waals surface area contributed by atoms with Gasteiger partial charge in [0.15, 0.2) is 11.9 Å². The average molecular weight is 1070 g/mol. The van der Waals surface area contributed by atoms with Gasteiger partial charge in [-0.1, -0.05) is 67.8 Å². The Morgan fingerprint density at radius 2 is 1.29 bits per heavy atom. The van der Waals surface area contributed by atoms with Crippen LogP contribution in [-0.4, -0.2) is 154 Å². The third-order valence-electron chi connectivity index (χ3n) is 11.3. The van der Waals surface area contributed by atoms with Gasteiger partial charge in [0.2, 0.25) is 53.2 Å². The third-order valence-corrected chi connectivity index (χ3v) is 13.7. The molecular weight excluding hydrogens is 991 g/mol. The molecule has 20 N–H and O–H groups in total. The number of guanidine groups is 2. The van der Waals surface area contributed by atoms with Gasteiger partial charge >= 0.3 is 0 Å². The number of aromatic hydroxyl groups is 1. The smallest absolute Gasteiger partial charge is 0.245 e. The first kappa shape index (κ1) is 62.6. The maximum Gasteiger partial charge on any atom is 0.245 e. The van der Waals surface area contributed by atoms with Crippen molar-refractivity contribution in [2.75, 3.05) is 24.6 Å². The number of hydrogen-bond acceptors (Lipinski definition) is 15. The Bertz CT molecular complexity index is 2110. The second kappa shape index (κ2) is 31.8. The van der Waals surface area contributed by atoms with Gasteiger partial charge in [0, 0.05) is 37.9 Å². The van der Waals surface area contributed by atoms with E-state index in [0.29, 0.717) is 12.0 Å². The number of nitrogens with one attached hydrogen (secondary N) is 8. The number of phenols is 1. The van der Waals surface area contributed by atoms with Gasteiger partial charge < -0.3 is 81.4 Å². The van der Waals surface area contributed by atoms with Gasteiger partial charge in [0.1, 0.15) is 54.1 Å². The van der Waals surface area contributed by atoms with Crippen LogP contribution in [0.25, 0.3) is 0 Å². The summed E-state index contributed by atoms with van der Waals surface area (Å²) >= 11 is 0. The fourth-order valence-corrected chi connectivity index (χ4v) is 9.46. The minimum Gasteiger partial charge on any atom is -0.508 e. The van der Waals surface area contributed by atoms with Crippen LogP contribution in [-0.2, 0) is 49.6 Å². The van der Waals surface area contributed by atoms with Crippen LogP contribution < -0.4 is 71.2 Å². The molecule has 408 valence electrons. The number of aliphatic hydroxyl groups is 1. The number of aliphatic imine (C=N–C) groups is 2. The number of nitrogens with two attached hydrogens (primary N) is 5. The topological polar surface area (TPSA) is 445 Å². The number of phenolic OH excluding ortho intramolecular Hbond substituents is 1. The number of aliphatic hydroxyl groups excluding tert-OH is 1. The molecule has 1 aromatic rings. The molecule has 28 heteroatoms. The number of carbonyl (C=O) groups is 9. The number of rotatable bonds is 21. The SMILES string of the molecule is CC[C@H](C)[C@@H]1NC(=O)[C@H](CC(C)C)NC(=O)[C@H](NC(C)=O)CSSC[C@@H](C(=O)N[C@@H](CCCN=C(N)N)C(=O)N[C@@H](Cc2ccc(O)cc2)C(N)=O)NC(=O)[C@H](CCCN=C(N)N)NC(=O)[C@H]([C@@H](C)O)NC1=O. The summed E-state index contributed by atoms with van der Waals surface area (Å²) < 4.78 is 0. The number of benzene rings is 1. The summed E-state index contributed by atoms with van der Waals surface area (Å²) in [5, 5.41) is 41.5. The highest BCUT2D eigenvalue weighted by Crippen LogP contribution is 2.24. The number of nitrogens with zero attached hydrogens (tertiary/aromatic N) is 2. The highest BCUT2D eigenvalue weighted by molar-refractivity contribution is 8.76. The average Bonchev–Trinajstić information content (AvgIpc) is 3.30. The van der Waals surface area contributed by atoms with Gasteiger partial charge in [-0.15, -0.1) is 0 Å². The molecule has 73 heavy (non-hydrogen) atoms. The molecule has 26 nitrogen and oxygen atoms in total. The predicted octanol–water partition coefficient (Wildman–Crippen LogP) is -3.71. The molecule has 1 aromatic carbocycles. The first-order valence-electron chi connectivity index (χ1n) is 23.8. The quantitative estimate of drug-likeness (QED) is 0.0244. The van der Waals surface area contributed by atoms with E-state index in [2.05, 4.69) is 52.5 Å². The lowest BCUT2D eigenvalue weighted by molar-refractivity contribution is -0.137. The van der Waals surface area contributed by atoms with Crippen molar-refractivity contribution in [2.45, 2.75) is 141 Å². The molecule has 1 fully saturated rings. The second-order valence-electron chi connectivity index (χ2n) is 18.0. The van der Waals surface area contributed by atoms with Crippen LogP contribution in [0.4, 0.5) is 0 Å². The molecule has 10 atom stereocenters. The zero-order valence-electron chi connectivity index (χ0n) is 42.1. The number of carbonyl (C=O) groups excluding carboxylic acids is 9. The summed E-state index contributed by atoms with van der Waals surface area (Å²) in [6.07, 6.45) is -1.17. The minimum absolute atomic E-state index is 0.00176. The molecule has 9 amide bonds. The summed E-state index contributed by atoms with van der Waals surface area (Å²) in [4.78, 5) is 132. The monoisotopic (exact) mass is 1070 g/mol. The van der Waals surface area contributed by atoms with Crippen LogP contribution in [0.2, 0.25) is 0 Å². The Balaban J connectivity index is 2.73. The van der Waals surface area contributed by atoms with Gasteiger partial charge in [0.05, 0.1) is 6.10 Å². The Morgan fingerprint density at radius 1 is 0.726 bits per heavy atom. The zero-order chi connectivity index (χ0) is 54.9. The van der Waals surface area contributed by atoms with Gasteiger partial charge in [-0.05, 0) is 68.6 Å². The van der Waals surface area contributed by atoms with E-state index in [9.17, 15) is 53.4 Å². The lowest BCUT2D eigenvalue weighted by Crippen LogP contribution is -2.63. The molecule has 1 aliphatic rings. The molecule has 0 spiro atoms. The fourth-order valence-electron chi connectivity index (χ4n) is 7.14. The van der Waals surface area contributed by atoms with E-state index in [4.69, 9.17) is 28.7 Å². The second-order valence-corrected chi connectivity index (χ2v) is 20.6. The highest BCUT2D eigenvalue weighted by atomic mass is 33.1. The van der Waals surface area contributed by atoms with E-state index >= 15 is 0 Å². The number of primary amides is 1. The van der Waals surface area contributed by atoms with E-state index in [1.807, 2.05) is 13.8 Å². The molecular formula is C45H75N15O11S2. The van der Waals surface area contributed by atoms with Gasteiger partial charge in [-0.25, -0.2) is 0 Å². The van der Waals surface area contributed by atoms with E-state index < -0.39 is 114 Å². The summed E-state index contributed by atoms with van der Waals surface area (Å²) in [6, 6.07) is -5.23. The first-order valence-corrected chi connectivity index (χ1v) is 26.3. The summed E-state index contributed by atoms with van der Waals surface area (Å²) in [5.74, 6) is -9.10. The molecule has 0 radical (unpaired) electrons. The maximum absolute atomic E-state index is 14.5. The van der Waals surface area contributed by atoms with Gasteiger partial charge in [-0.3, -0.25) is 53.1 Å². The van der Waals surface area contributed by atoms with Gasteiger partial charge in [-0.2, -0.15) is 0 Å². The van der Waals surface area contributed by atoms with Crippen molar-refractivity contribution in [3.8, 4) is 5.75 Å². The van der Waals surface area contributed by atoms with Crippen LogP contribution in [0, 0.1) is 11.8 Å². The van der Waals surface area contributed by atoms with Crippen LogP contribution in [0.5, 0.6) is 5.75 Å². The van der Waals surface area contributed by atoms with E-state index in [0.717, 1.165) is 21.6 Å². The minimum atomic E-state index is -1.69. The van der Waals surface area contributed by atoms with Gasteiger partial charge in [0.25, 0.3) is 0 Å². The fraction of sp³-hybridized carbons (Fsp3) is 0.622. The van der Waals surface area contributed by atoms with Crippen molar-refractivity contribution < 1.29 is 53.4 Å². The lowest BCUT2D eigenvalue weighted by atomic mass is 9.96. The lowest BCUT2D eigenvalue weighted by Gasteiger charge is -2.31. The highest BCUT2D eigenvalue weighted by Gasteiger charge is 2.37. The Kier molecular flexibility index (Phi) is 27.3. The molecule has 0 unspecified atom stereocenters. The normalized spacial score (nSPS) is 22.2. The maximum atomic E-state index is 14.5. The zero-order valence-corrected chi connectivity index (χ0v) is 43.7. The van der Waals surface area contributed by atoms with Crippen molar-refractivity contribution in [1.29, 1.82) is 0 Å². The van der Waals surface area contributed by atoms with Crippen LogP contribution in [0.15, 0.2) is 34.3 Å². The molecule has 1 heterocycles. The Morgan fingerprint density at radius 3 is 1.85 bits per heavy atom. The Hall–Kier alpha value is -6.55. The van der Waals surface area contributed by atoms with Crippen LogP contribution in [0.3, 0.4) is 0 Å². The molecule has 0 aliphatic carbocycles. The third kappa shape index (κ3) is 23.3. The standard InChI is InChI=1S/C45H75N15O11S2/c1-7-23(4)34-42(70)60-35(24(5)61)43(71)55-29(11-9-17-52-45(49)50)38(66)58-33(21-73-72-20-32(53-25(6)62)40(68)57-31(18-22(2)3)39(67)59-34)41(69)54-28(10-8-16-51-44(47)48)37(65)56-30(36(46)64)19-26-12-14-27(63)15-13-26/h12-15,22-24,28-35,61,63H,7-11,16-21H2,1-6H3,(H2,46,64)(H,53,62)(H,54,69)(H,55,71)(H,56,65)(H,57,68)(H,58,66)(H,59,67)(H,60,70)(H4,47,48,51)(H4,49,50,52)/t23-,24+,28-,29-,30-,31-,32+,33-,34-,35-/m0/s1. The van der Waals surface area contributed by atoms with Crippen LogP contribution >= 0.6 is 21.6 Å². The van der Waals surface area contributed by atoms with E-state index in [1.165, 1.54) is 38.1 Å². The van der Waals surface area contributed by atoms with E-state index in [-0.39, 0.29) is 86.7 Å². The first-order chi connectivity index (χ1) is 34.3. The number of hydrogen-bond donors (Lipinski definition) is 15.